The lowest BCUT2D eigenvalue weighted by molar-refractivity contribution is -0.274. The van der Waals surface area contributed by atoms with Crippen LogP contribution < -0.4 is 10.1 Å². The highest BCUT2D eigenvalue weighted by molar-refractivity contribution is 5.72. The maximum Gasteiger partial charge on any atom is 0.573 e. The van der Waals surface area contributed by atoms with E-state index in [9.17, 15) is 18.0 Å². The van der Waals surface area contributed by atoms with Crippen LogP contribution in [0.4, 0.5) is 18.0 Å². The third kappa shape index (κ3) is 4.41. The first-order valence-corrected chi connectivity index (χ1v) is 11.0. The van der Waals surface area contributed by atoms with Crippen molar-refractivity contribution < 1.29 is 27.4 Å². The number of ether oxygens (including phenoxy) is 2. The molecule has 3 fully saturated rings. The third-order valence-corrected chi connectivity index (χ3v) is 6.79. The van der Waals surface area contributed by atoms with Gasteiger partial charge in [-0.25, -0.2) is 4.79 Å². The molecule has 0 radical (unpaired) electrons. The predicted molar refractivity (Wildman–Crippen MR) is 112 cm³/mol. The zero-order valence-corrected chi connectivity index (χ0v) is 17.5. The molecule has 5 nitrogen and oxygen atoms in total. The average molecular weight is 446 g/mol. The standard InChI is InChI=1S/C24H25F3N2O3/c25-24(26,27)32-21-4-2-1-3-19(21)17-5-7-18-16(13-17)6-8-20(18)28-23(30)31-22-14-29-11-9-15(22)10-12-29/h1-5,7,13,15,20,22H,6,8-12,14H2,(H,28,30)/t20?,22-/m0/s1. The predicted octanol–water partition coefficient (Wildman–Crippen LogP) is 5.06. The highest BCUT2D eigenvalue weighted by Crippen LogP contribution is 2.38. The highest BCUT2D eigenvalue weighted by Gasteiger charge is 2.37. The third-order valence-electron chi connectivity index (χ3n) is 6.79. The molecule has 1 aliphatic carbocycles. The summed E-state index contributed by atoms with van der Waals surface area (Å²) in [7, 11) is 0. The second-order valence-corrected chi connectivity index (χ2v) is 8.77. The number of para-hydroxylation sites is 1. The van der Waals surface area contributed by atoms with Gasteiger partial charge in [0.05, 0.1) is 6.04 Å². The van der Waals surface area contributed by atoms with Gasteiger partial charge in [-0.05, 0) is 67.4 Å². The maximum absolute atomic E-state index is 12.8. The van der Waals surface area contributed by atoms with Crippen molar-refractivity contribution in [3.63, 3.8) is 0 Å². The molecule has 2 aromatic carbocycles. The number of nitrogens with one attached hydrogen (secondary N) is 1. The number of carbonyl (C=O) groups excluding carboxylic acids is 1. The number of fused-ring (bicyclic) bond motifs is 4. The number of carbonyl (C=O) groups is 1. The van der Waals surface area contributed by atoms with Gasteiger partial charge in [0.1, 0.15) is 11.9 Å². The van der Waals surface area contributed by atoms with Crippen molar-refractivity contribution >= 4 is 6.09 Å². The number of aryl methyl sites for hydroxylation is 1. The number of piperidine rings is 3. The maximum atomic E-state index is 12.8. The number of hydrogen-bond donors (Lipinski definition) is 1. The summed E-state index contributed by atoms with van der Waals surface area (Å²) in [5.41, 5.74) is 3.02. The summed E-state index contributed by atoms with van der Waals surface area (Å²) in [5, 5.41) is 2.99. The van der Waals surface area contributed by atoms with E-state index in [1.807, 2.05) is 12.1 Å². The Balaban J connectivity index is 1.28. The van der Waals surface area contributed by atoms with Gasteiger partial charge in [-0.15, -0.1) is 13.2 Å². The normalized spacial score (nSPS) is 26.5. The molecular formula is C24H25F3N2O3. The average Bonchev–Trinajstić information content (AvgIpc) is 3.15. The number of benzene rings is 2. The van der Waals surface area contributed by atoms with E-state index in [2.05, 4.69) is 15.0 Å². The first kappa shape index (κ1) is 21.1. The molecule has 3 heterocycles. The SMILES string of the molecule is O=C(NC1CCc2cc(-c3ccccc3OC(F)(F)F)ccc21)O[C@H]1CN2CCC1CC2. The van der Waals surface area contributed by atoms with E-state index in [1.165, 1.54) is 12.1 Å². The van der Waals surface area contributed by atoms with Gasteiger partial charge < -0.3 is 14.8 Å². The number of nitrogens with zero attached hydrogens (tertiary/aromatic N) is 1. The van der Waals surface area contributed by atoms with Crippen molar-refractivity contribution in [1.82, 2.24) is 10.2 Å². The molecule has 0 saturated carbocycles. The minimum absolute atomic E-state index is 0.0501. The summed E-state index contributed by atoms with van der Waals surface area (Å²) in [6.45, 7) is 2.98. The first-order valence-electron chi connectivity index (χ1n) is 11.0. The van der Waals surface area contributed by atoms with Crippen LogP contribution in [0.25, 0.3) is 11.1 Å². The number of amides is 1. The topological polar surface area (TPSA) is 50.8 Å². The van der Waals surface area contributed by atoms with Gasteiger partial charge in [0.2, 0.25) is 0 Å². The quantitative estimate of drug-likeness (QED) is 0.713. The van der Waals surface area contributed by atoms with Crippen LogP contribution in [0.1, 0.15) is 36.4 Å². The highest BCUT2D eigenvalue weighted by atomic mass is 19.4. The molecule has 3 saturated heterocycles. The molecule has 32 heavy (non-hydrogen) atoms. The van der Waals surface area contributed by atoms with E-state index >= 15 is 0 Å². The van der Waals surface area contributed by atoms with Gasteiger partial charge >= 0.3 is 12.5 Å². The lowest BCUT2D eigenvalue weighted by atomic mass is 9.86. The number of hydrogen-bond acceptors (Lipinski definition) is 4. The van der Waals surface area contributed by atoms with E-state index in [0.29, 0.717) is 17.0 Å². The molecule has 2 bridgehead atoms. The smallest absolute Gasteiger partial charge is 0.445 e. The molecule has 0 spiro atoms. The zero-order chi connectivity index (χ0) is 22.3. The van der Waals surface area contributed by atoms with Crippen molar-refractivity contribution in [2.24, 2.45) is 5.92 Å². The van der Waals surface area contributed by atoms with Gasteiger partial charge in [-0.2, -0.15) is 0 Å². The Kier molecular flexibility index (Phi) is 5.49. The molecule has 6 rings (SSSR count). The van der Waals surface area contributed by atoms with Crippen LogP contribution in [0, 0.1) is 5.92 Å². The minimum atomic E-state index is -4.75. The van der Waals surface area contributed by atoms with E-state index in [0.717, 1.165) is 56.4 Å². The van der Waals surface area contributed by atoms with Crippen molar-refractivity contribution in [1.29, 1.82) is 0 Å². The number of alkyl halides is 3. The molecule has 2 atom stereocenters. The number of halogens is 3. The molecule has 8 heteroatoms. The van der Waals surface area contributed by atoms with Crippen molar-refractivity contribution in [2.45, 2.75) is 44.2 Å². The Hall–Kier alpha value is -2.74. The summed E-state index contributed by atoms with van der Waals surface area (Å²) in [6, 6.07) is 11.5. The van der Waals surface area contributed by atoms with Gasteiger partial charge in [-0.1, -0.05) is 36.4 Å². The fourth-order valence-electron chi connectivity index (χ4n) is 5.21. The molecule has 2 aromatic rings. The van der Waals surface area contributed by atoms with Crippen molar-refractivity contribution in [3.05, 3.63) is 53.6 Å². The van der Waals surface area contributed by atoms with E-state index < -0.39 is 12.5 Å². The Morgan fingerprint density at radius 2 is 1.84 bits per heavy atom. The zero-order valence-electron chi connectivity index (χ0n) is 17.5. The Bertz CT molecular complexity index is 1000. The monoisotopic (exact) mass is 446 g/mol. The Morgan fingerprint density at radius 1 is 1.06 bits per heavy atom. The van der Waals surface area contributed by atoms with Crippen LogP contribution in [-0.4, -0.2) is 43.1 Å². The Morgan fingerprint density at radius 3 is 2.56 bits per heavy atom. The molecule has 0 aromatic heterocycles. The molecule has 1 N–H and O–H groups in total. The van der Waals surface area contributed by atoms with Crippen LogP contribution >= 0.6 is 0 Å². The second kappa shape index (κ2) is 8.31. The van der Waals surface area contributed by atoms with Crippen LogP contribution in [0.3, 0.4) is 0 Å². The molecule has 3 aliphatic heterocycles. The van der Waals surface area contributed by atoms with Gasteiger partial charge in [0.25, 0.3) is 0 Å². The van der Waals surface area contributed by atoms with Gasteiger partial charge in [0, 0.05) is 12.1 Å². The summed E-state index contributed by atoms with van der Waals surface area (Å²) in [6.07, 6.45) is -1.58. The number of alkyl carbamates (subject to hydrolysis) is 1. The largest absolute Gasteiger partial charge is 0.573 e. The fourth-order valence-corrected chi connectivity index (χ4v) is 5.21. The summed E-state index contributed by atoms with van der Waals surface area (Å²) in [5.74, 6) is 0.219. The van der Waals surface area contributed by atoms with E-state index in [1.54, 1.807) is 18.2 Å². The molecule has 1 unspecified atom stereocenters. The van der Waals surface area contributed by atoms with Crippen LogP contribution in [0.2, 0.25) is 0 Å². The van der Waals surface area contributed by atoms with Gasteiger partial charge in [0.15, 0.2) is 0 Å². The summed E-state index contributed by atoms with van der Waals surface area (Å²) in [4.78, 5) is 14.9. The molecule has 1 amide bonds. The fraction of sp³-hybridized carbons (Fsp3) is 0.458. The summed E-state index contributed by atoms with van der Waals surface area (Å²) < 4.78 is 48.2. The number of rotatable bonds is 4. The van der Waals surface area contributed by atoms with Crippen molar-refractivity contribution in [3.8, 4) is 16.9 Å². The molecule has 4 aliphatic rings. The van der Waals surface area contributed by atoms with Crippen LogP contribution in [0.15, 0.2) is 42.5 Å². The summed E-state index contributed by atoms with van der Waals surface area (Å²) >= 11 is 0. The lowest BCUT2D eigenvalue weighted by Crippen LogP contribution is -2.52. The second-order valence-electron chi connectivity index (χ2n) is 8.77. The van der Waals surface area contributed by atoms with E-state index in [-0.39, 0.29) is 17.9 Å². The Labute approximate surface area is 184 Å². The first-order chi connectivity index (χ1) is 15.4. The minimum Gasteiger partial charge on any atom is -0.445 e. The molecular weight excluding hydrogens is 421 g/mol. The lowest BCUT2D eigenvalue weighted by Gasteiger charge is -2.43. The molecule has 170 valence electrons. The van der Waals surface area contributed by atoms with Crippen LogP contribution in [0.5, 0.6) is 5.75 Å². The van der Waals surface area contributed by atoms with Crippen molar-refractivity contribution in [2.75, 3.05) is 19.6 Å². The van der Waals surface area contributed by atoms with E-state index in [4.69, 9.17) is 4.74 Å². The van der Waals surface area contributed by atoms with Crippen LogP contribution in [-0.2, 0) is 11.2 Å². The van der Waals surface area contributed by atoms with Gasteiger partial charge in [-0.3, -0.25) is 4.90 Å².